The van der Waals surface area contributed by atoms with E-state index in [0.29, 0.717) is 18.1 Å². The SMILES string of the molecule is COC(=O)c1ccc(NCc2ccc(-n3ccnc3)c(F)c2)nn1. The normalized spacial score (nSPS) is 10.4. The number of esters is 1. The zero-order chi connectivity index (χ0) is 16.9. The second-order valence-corrected chi connectivity index (χ2v) is 4.90. The molecule has 1 aromatic carbocycles. The summed E-state index contributed by atoms with van der Waals surface area (Å²) in [6, 6.07) is 8.04. The Morgan fingerprint density at radius 3 is 2.79 bits per heavy atom. The number of rotatable bonds is 5. The van der Waals surface area contributed by atoms with E-state index < -0.39 is 5.97 Å². The first-order valence-corrected chi connectivity index (χ1v) is 7.10. The van der Waals surface area contributed by atoms with Gasteiger partial charge in [-0.2, -0.15) is 0 Å². The number of carbonyl (C=O) groups excluding carboxylic acids is 1. The fourth-order valence-corrected chi connectivity index (χ4v) is 2.10. The maximum Gasteiger partial charge on any atom is 0.358 e. The predicted molar refractivity (Wildman–Crippen MR) is 84.2 cm³/mol. The number of hydrogen-bond acceptors (Lipinski definition) is 6. The standard InChI is InChI=1S/C16H14FN5O2/c1-24-16(23)13-3-5-15(21-20-13)19-9-11-2-4-14(12(17)8-11)22-7-6-18-10-22/h2-8,10H,9H2,1H3,(H,19,21). The third-order valence-electron chi connectivity index (χ3n) is 3.33. The molecule has 1 N–H and O–H groups in total. The Labute approximate surface area is 137 Å². The fourth-order valence-electron chi connectivity index (χ4n) is 2.10. The van der Waals surface area contributed by atoms with Gasteiger partial charge in [-0.15, -0.1) is 10.2 Å². The van der Waals surface area contributed by atoms with Crippen molar-refractivity contribution in [1.29, 1.82) is 0 Å². The number of hydrogen-bond donors (Lipinski definition) is 1. The van der Waals surface area contributed by atoms with E-state index in [1.54, 1.807) is 29.1 Å². The summed E-state index contributed by atoms with van der Waals surface area (Å²) in [5.41, 5.74) is 1.30. The number of aromatic nitrogens is 4. The summed E-state index contributed by atoms with van der Waals surface area (Å²) in [5.74, 6) is -0.424. The minimum atomic E-state index is -0.550. The number of nitrogens with one attached hydrogen (secondary N) is 1. The van der Waals surface area contributed by atoms with E-state index in [2.05, 4.69) is 25.2 Å². The van der Waals surface area contributed by atoms with Gasteiger partial charge in [0.05, 0.1) is 19.1 Å². The molecule has 0 unspecified atom stereocenters. The second kappa shape index (κ2) is 6.86. The Morgan fingerprint density at radius 2 is 2.17 bits per heavy atom. The largest absolute Gasteiger partial charge is 0.464 e. The quantitative estimate of drug-likeness (QED) is 0.724. The number of benzene rings is 1. The van der Waals surface area contributed by atoms with Gasteiger partial charge in [0.25, 0.3) is 0 Å². The minimum absolute atomic E-state index is 0.124. The van der Waals surface area contributed by atoms with Gasteiger partial charge in [0, 0.05) is 18.9 Å². The minimum Gasteiger partial charge on any atom is -0.464 e. The number of methoxy groups -OCH3 is 1. The van der Waals surface area contributed by atoms with Crippen LogP contribution in [0, 0.1) is 5.82 Å². The van der Waals surface area contributed by atoms with Crippen LogP contribution >= 0.6 is 0 Å². The summed E-state index contributed by atoms with van der Waals surface area (Å²) in [5, 5.41) is 10.6. The number of ether oxygens (including phenoxy) is 1. The molecule has 0 saturated carbocycles. The summed E-state index contributed by atoms with van der Waals surface area (Å²) in [6.45, 7) is 0.368. The van der Waals surface area contributed by atoms with E-state index >= 15 is 0 Å². The van der Waals surface area contributed by atoms with Crippen molar-refractivity contribution >= 4 is 11.8 Å². The highest BCUT2D eigenvalue weighted by atomic mass is 19.1. The van der Waals surface area contributed by atoms with Crippen molar-refractivity contribution in [2.75, 3.05) is 12.4 Å². The number of anilines is 1. The van der Waals surface area contributed by atoms with Gasteiger partial charge in [0.2, 0.25) is 0 Å². The molecule has 0 aliphatic carbocycles. The van der Waals surface area contributed by atoms with Gasteiger partial charge >= 0.3 is 5.97 Å². The smallest absolute Gasteiger partial charge is 0.358 e. The zero-order valence-electron chi connectivity index (χ0n) is 12.8. The lowest BCUT2D eigenvalue weighted by atomic mass is 10.2. The van der Waals surface area contributed by atoms with Crippen LogP contribution in [-0.2, 0) is 11.3 Å². The molecule has 0 bridgehead atoms. The van der Waals surface area contributed by atoms with Gasteiger partial charge in [-0.05, 0) is 29.8 Å². The van der Waals surface area contributed by atoms with Crippen molar-refractivity contribution in [2.24, 2.45) is 0 Å². The molecule has 8 heteroatoms. The van der Waals surface area contributed by atoms with Crippen LogP contribution < -0.4 is 5.32 Å². The molecule has 2 heterocycles. The lowest BCUT2D eigenvalue weighted by molar-refractivity contribution is 0.0593. The van der Waals surface area contributed by atoms with Crippen LogP contribution in [0.5, 0.6) is 0 Å². The van der Waals surface area contributed by atoms with E-state index in [4.69, 9.17) is 0 Å². The van der Waals surface area contributed by atoms with Gasteiger partial charge in [-0.3, -0.25) is 0 Å². The Bertz CT molecular complexity index is 834. The molecule has 3 aromatic rings. The van der Waals surface area contributed by atoms with Crippen molar-refractivity contribution < 1.29 is 13.9 Å². The Kier molecular flexibility index (Phi) is 4.46. The number of nitrogens with zero attached hydrogens (tertiary/aromatic N) is 4. The molecule has 122 valence electrons. The second-order valence-electron chi connectivity index (χ2n) is 4.90. The average molecular weight is 327 g/mol. The van der Waals surface area contributed by atoms with Gasteiger partial charge in [-0.25, -0.2) is 14.2 Å². The van der Waals surface area contributed by atoms with Crippen LogP contribution in [0.3, 0.4) is 0 Å². The first kappa shape index (κ1) is 15.6. The fraction of sp³-hybridized carbons (Fsp3) is 0.125. The van der Waals surface area contributed by atoms with Crippen molar-refractivity contribution in [3.8, 4) is 5.69 Å². The maximum atomic E-state index is 14.2. The van der Waals surface area contributed by atoms with E-state index in [9.17, 15) is 9.18 Å². The average Bonchev–Trinajstić information content (AvgIpc) is 3.14. The molecule has 0 radical (unpaired) electrons. The van der Waals surface area contributed by atoms with Gasteiger partial charge < -0.3 is 14.6 Å². The Morgan fingerprint density at radius 1 is 1.29 bits per heavy atom. The molecule has 0 atom stereocenters. The number of carbonyl (C=O) groups is 1. The van der Waals surface area contributed by atoms with Crippen LogP contribution in [0.25, 0.3) is 5.69 Å². The molecule has 0 spiro atoms. The molecular formula is C16H14FN5O2. The highest BCUT2D eigenvalue weighted by Crippen LogP contribution is 2.16. The van der Waals surface area contributed by atoms with Crippen LogP contribution in [0.2, 0.25) is 0 Å². The molecule has 0 saturated heterocycles. The van der Waals surface area contributed by atoms with Crippen LogP contribution in [0.4, 0.5) is 10.2 Å². The van der Waals surface area contributed by atoms with Crippen LogP contribution in [0.1, 0.15) is 16.1 Å². The van der Waals surface area contributed by atoms with E-state index in [1.165, 1.54) is 25.6 Å². The molecule has 0 fully saturated rings. The summed E-state index contributed by atoms with van der Waals surface area (Å²) in [4.78, 5) is 15.2. The molecule has 0 aliphatic heterocycles. The summed E-state index contributed by atoms with van der Waals surface area (Å²) >= 11 is 0. The molecule has 2 aromatic heterocycles. The predicted octanol–water partition coefficient (Wildman–Crippen LogP) is 2.20. The van der Waals surface area contributed by atoms with E-state index in [0.717, 1.165) is 5.56 Å². The molecule has 24 heavy (non-hydrogen) atoms. The Hall–Kier alpha value is -3.29. The van der Waals surface area contributed by atoms with Crippen molar-refractivity contribution in [3.05, 3.63) is 66.1 Å². The molecule has 0 amide bonds. The third kappa shape index (κ3) is 3.37. The number of halogens is 1. The van der Waals surface area contributed by atoms with Gasteiger partial charge in [0.15, 0.2) is 5.69 Å². The van der Waals surface area contributed by atoms with Gasteiger partial charge in [0.1, 0.15) is 11.6 Å². The maximum absolute atomic E-state index is 14.2. The molecule has 0 aliphatic rings. The summed E-state index contributed by atoms with van der Waals surface area (Å²) in [6.07, 6.45) is 4.80. The number of imidazole rings is 1. The van der Waals surface area contributed by atoms with Crippen LogP contribution in [0.15, 0.2) is 49.1 Å². The lowest BCUT2D eigenvalue weighted by Gasteiger charge is -2.08. The highest BCUT2D eigenvalue weighted by Gasteiger charge is 2.08. The first-order chi connectivity index (χ1) is 11.7. The van der Waals surface area contributed by atoms with Crippen molar-refractivity contribution in [2.45, 2.75) is 6.54 Å². The third-order valence-corrected chi connectivity index (χ3v) is 3.33. The highest BCUT2D eigenvalue weighted by molar-refractivity contribution is 5.86. The lowest BCUT2D eigenvalue weighted by Crippen LogP contribution is -2.08. The summed E-state index contributed by atoms with van der Waals surface area (Å²) in [7, 11) is 1.28. The van der Waals surface area contributed by atoms with Crippen molar-refractivity contribution in [3.63, 3.8) is 0 Å². The van der Waals surface area contributed by atoms with E-state index in [-0.39, 0.29) is 11.5 Å². The molecule has 3 rings (SSSR count). The topological polar surface area (TPSA) is 81.9 Å². The zero-order valence-corrected chi connectivity index (χ0v) is 12.8. The monoisotopic (exact) mass is 327 g/mol. The van der Waals surface area contributed by atoms with Crippen molar-refractivity contribution in [1.82, 2.24) is 19.7 Å². The van der Waals surface area contributed by atoms with Gasteiger partial charge in [-0.1, -0.05) is 6.07 Å². The Balaban J connectivity index is 1.66. The summed E-state index contributed by atoms with van der Waals surface area (Å²) < 4.78 is 20.3. The first-order valence-electron chi connectivity index (χ1n) is 7.10. The van der Waals surface area contributed by atoms with Crippen LogP contribution in [-0.4, -0.2) is 32.8 Å². The molecule has 7 nitrogen and oxygen atoms in total. The van der Waals surface area contributed by atoms with E-state index in [1.807, 2.05) is 6.07 Å². The molecular weight excluding hydrogens is 313 g/mol.